The maximum Gasteiger partial charge on any atom is 0.333 e. The van der Waals surface area contributed by atoms with E-state index in [4.69, 9.17) is 48.0 Å². The van der Waals surface area contributed by atoms with Crippen LogP contribution in [-0.2, 0) is 35.1 Å². The molecular weight excluding hydrogens is 915 g/mol. The number of carbonyl (C=O) groups is 1. The highest BCUT2D eigenvalue weighted by atomic mass is 32.1. The standard InChI is InChI=1S/C58H73N3O9S/c1-6-31-63-32-10-9-30-61(57-60-52-12-7-8-13-54(52)71-57)59-38-51-50-28-27-49(68-39-42-14-18-44(19-15-42)45-20-25-48(26-21-45)65-35-36-66-55(62)41(2)3)37-46(50)22-29-53(51)69-40-43-16-23-47(24-17-43)64-33-11-34-67-56-58(4,5)70-56/h6-8,12-13,16-17,22-24,27-29,31,37-38,42,44-45,48,56H,2,9-11,14-15,18-21,25-26,30,32-36,39-40H2,1,3-5H3/b31-6+,59-38+. The number of thiazole rings is 1. The fraction of sp³-hybridized carbons (Fsp3) is 0.500. The number of ether oxygens (including phenoxy) is 8. The van der Waals surface area contributed by atoms with Crippen molar-refractivity contribution in [2.75, 3.05) is 51.2 Å². The highest BCUT2D eigenvalue weighted by molar-refractivity contribution is 7.22. The van der Waals surface area contributed by atoms with Crippen molar-refractivity contribution in [3.05, 3.63) is 114 Å². The molecule has 2 heterocycles. The zero-order chi connectivity index (χ0) is 49.4. The van der Waals surface area contributed by atoms with E-state index in [1.807, 2.05) is 86.6 Å². The Hall–Kier alpha value is -5.47. The summed E-state index contributed by atoms with van der Waals surface area (Å²) < 4.78 is 48.4. The molecule has 1 aliphatic heterocycles. The van der Waals surface area contributed by atoms with Gasteiger partial charge in [0.1, 0.15) is 36.1 Å². The molecule has 0 bridgehead atoms. The van der Waals surface area contributed by atoms with Crippen LogP contribution in [-0.4, -0.2) is 81.3 Å². The Morgan fingerprint density at radius 3 is 2.34 bits per heavy atom. The van der Waals surface area contributed by atoms with E-state index in [-0.39, 0.29) is 30.6 Å². The summed E-state index contributed by atoms with van der Waals surface area (Å²) in [7, 11) is 0. The number of esters is 1. The molecule has 2 aliphatic carbocycles. The number of carbonyl (C=O) groups excluding carboxylic acids is 1. The summed E-state index contributed by atoms with van der Waals surface area (Å²) in [6, 6.07) is 26.8. The van der Waals surface area contributed by atoms with Crippen molar-refractivity contribution < 1.29 is 42.7 Å². The Labute approximate surface area is 424 Å². The summed E-state index contributed by atoms with van der Waals surface area (Å²) in [5.74, 6) is 4.14. The maximum atomic E-state index is 11.7. The van der Waals surface area contributed by atoms with Gasteiger partial charge in [-0.3, -0.25) is 0 Å². The van der Waals surface area contributed by atoms with Gasteiger partial charge in [-0.15, -0.1) is 0 Å². The van der Waals surface area contributed by atoms with E-state index in [1.165, 1.54) is 38.5 Å². The number of para-hydroxylation sites is 1. The molecule has 4 aromatic carbocycles. The number of nitrogens with zero attached hydrogens (tertiary/aromatic N) is 3. The van der Waals surface area contributed by atoms with Gasteiger partial charge in [0.2, 0.25) is 5.13 Å². The predicted molar refractivity (Wildman–Crippen MR) is 283 cm³/mol. The maximum absolute atomic E-state index is 11.7. The zero-order valence-electron chi connectivity index (χ0n) is 42.2. The highest BCUT2D eigenvalue weighted by Crippen LogP contribution is 2.41. The fourth-order valence-electron chi connectivity index (χ4n) is 9.57. The van der Waals surface area contributed by atoms with Crippen molar-refractivity contribution in [2.45, 2.75) is 123 Å². The lowest BCUT2D eigenvalue weighted by atomic mass is 9.71. The molecule has 3 aliphatic rings. The summed E-state index contributed by atoms with van der Waals surface area (Å²) in [6.07, 6.45) is 17.7. The van der Waals surface area contributed by atoms with Gasteiger partial charge >= 0.3 is 5.97 Å². The van der Waals surface area contributed by atoms with E-state index >= 15 is 0 Å². The van der Waals surface area contributed by atoms with E-state index in [2.05, 4.69) is 36.9 Å². The van der Waals surface area contributed by atoms with E-state index in [0.717, 1.165) is 98.4 Å². The smallest absolute Gasteiger partial charge is 0.333 e. The number of rotatable bonds is 27. The predicted octanol–water partition coefficient (Wildman–Crippen LogP) is 13.0. The van der Waals surface area contributed by atoms with E-state index in [0.29, 0.717) is 57.7 Å². The molecule has 0 radical (unpaired) electrons. The number of fused-ring (bicyclic) bond motifs is 2. The third-order valence-electron chi connectivity index (χ3n) is 13.8. The van der Waals surface area contributed by atoms with Crippen LogP contribution in [0, 0.1) is 17.8 Å². The number of allylic oxidation sites excluding steroid dienone is 1. The molecule has 0 amide bonds. The van der Waals surface area contributed by atoms with Crippen molar-refractivity contribution in [1.29, 1.82) is 0 Å². The molecular formula is C58H73N3O9S. The second-order valence-corrected chi connectivity index (χ2v) is 20.7. The zero-order valence-corrected chi connectivity index (χ0v) is 43.0. The normalized spacial score (nSPS) is 20.9. The van der Waals surface area contributed by atoms with Crippen molar-refractivity contribution in [3.63, 3.8) is 0 Å². The van der Waals surface area contributed by atoms with Gasteiger partial charge in [0.15, 0.2) is 6.29 Å². The molecule has 0 spiro atoms. The van der Waals surface area contributed by atoms with Crippen molar-refractivity contribution in [1.82, 2.24) is 4.98 Å². The molecule has 2 saturated carbocycles. The first-order valence-electron chi connectivity index (χ1n) is 25.8. The lowest BCUT2D eigenvalue weighted by Crippen LogP contribution is -2.30. The Morgan fingerprint density at radius 1 is 0.831 bits per heavy atom. The summed E-state index contributed by atoms with van der Waals surface area (Å²) in [5.41, 5.74) is 3.12. The Bertz CT molecular complexity index is 2510. The van der Waals surface area contributed by atoms with E-state index in [1.54, 1.807) is 24.5 Å². The molecule has 13 heteroatoms. The molecule has 3 fully saturated rings. The Balaban J connectivity index is 0.897. The van der Waals surface area contributed by atoms with Gasteiger partial charge < -0.3 is 37.9 Å². The molecule has 0 N–H and O–H groups in total. The number of unbranched alkanes of at least 4 members (excludes halogenated alkanes) is 1. The van der Waals surface area contributed by atoms with Gasteiger partial charge in [-0.05, 0) is 175 Å². The number of aromatic nitrogens is 1. The molecule has 71 heavy (non-hydrogen) atoms. The van der Waals surface area contributed by atoms with Crippen molar-refractivity contribution in [2.24, 2.45) is 22.9 Å². The van der Waals surface area contributed by atoms with Gasteiger partial charge in [0.05, 0.1) is 61.8 Å². The Kier molecular flexibility index (Phi) is 18.8. The number of hydrogen-bond acceptors (Lipinski definition) is 13. The van der Waals surface area contributed by atoms with Gasteiger partial charge in [-0.2, -0.15) is 5.10 Å². The number of hydrogen-bond donors (Lipinski definition) is 0. The fourth-order valence-corrected chi connectivity index (χ4v) is 10.5. The number of epoxide rings is 1. The number of anilines is 1. The van der Waals surface area contributed by atoms with Crippen LogP contribution in [0.2, 0.25) is 0 Å². The minimum Gasteiger partial charge on any atom is -0.502 e. The third kappa shape index (κ3) is 15.3. The second-order valence-electron chi connectivity index (χ2n) is 19.7. The molecule has 1 saturated heterocycles. The first-order chi connectivity index (χ1) is 34.6. The first kappa shape index (κ1) is 51.9. The van der Waals surface area contributed by atoms with Crippen LogP contribution in [0.3, 0.4) is 0 Å². The second kappa shape index (κ2) is 25.8. The van der Waals surface area contributed by atoms with Gasteiger partial charge in [0.25, 0.3) is 0 Å². The van der Waals surface area contributed by atoms with Crippen LogP contribution in [0.4, 0.5) is 5.13 Å². The van der Waals surface area contributed by atoms with Crippen LogP contribution in [0.1, 0.15) is 109 Å². The van der Waals surface area contributed by atoms with Crippen LogP contribution < -0.4 is 19.2 Å². The van der Waals surface area contributed by atoms with Crippen LogP contribution in [0.25, 0.3) is 21.0 Å². The van der Waals surface area contributed by atoms with Crippen LogP contribution in [0.5, 0.6) is 17.2 Å². The molecule has 1 aromatic heterocycles. The highest BCUT2D eigenvalue weighted by Gasteiger charge is 2.49. The van der Waals surface area contributed by atoms with E-state index in [9.17, 15) is 4.79 Å². The minimum atomic E-state index is -0.353. The van der Waals surface area contributed by atoms with Crippen LogP contribution in [0.15, 0.2) is 108 Å². The van der Waals surface area contributed by atoms with Gasteiger partial charge in [-0.1, -0.05) is 54.3 Å². The van der Waals surface area contributed by atoms with Gasteiger partial charge in [-0.25, -0.2) is 14.8 Å². The quantitative estimate of drug-likeness (QED) is 0.00950. The third-order valence-corrected chi connectivity index (χ3v) is 14.8. The minimum absolute atomic E-state index is 0.115. The summed E-state index contributed by atoms with van der Waals surface area (Å²) >= 11 is 1.64. The first-order valence-corrected chi connectivity index (χ1v) is 26.6. The monoisotopic (exact) mass is 988 g/mol. The summed E-state index contributed by atoms with van der Waals surface area (Å²) in [6.45, 7) is 15.6. The molecule has 1 atom stereocenters. The Morgan fingerprint density at radius 2 is 1.59 bits per heavy atom. The average Bonchev–Trinajstić information content (AvgIpc) is 3.77. The van der Waals surface area contributed by atoms with Crippen molar-refractivity contribution >= 4 is 49.6 Å². The summed E-state index contributed by atoms with van der Waals surface area (Å²) in [4.78, 5) is 16.6. The molecule has 1 unspecified atom stereocenters. The number of hydrazone groups is 1. The summed E-state index contributed by atoms with van der Waals surface area (Å²) in [5, 5.41) is 10.1. The molecule has 380 valence electrons. The topological polar surface area (TPSA) is 123 Å². The van der Waals surface area contributed by atoms with Crippen molar-refractivity contribution in [3.8, 4) is 17.2 Å². The SMILES string of the molecule is C=C(C)C(=O)OCCOC1CCC(C2CCC(COc3ccc4c(/C=N/N(CCCCO/C=C/C)c5nc6ccccc6s5)c(OCc5ccc(OCCCOC6OC6(C)C)cc5)ccc4c3)CC2)CC1. The molecule has 5 aromatic rings. The van der Waals surface area contributed by atoms with E-state index < -0.39 is 0 Å². The van der Waals surface area contributed by atoms with Crippen LogP contribution >= 0.6 is 11.3 Å². The molecule has 12 nitrogen and oxygen atoms in total. The molecule has 8 rings (SSSR count). The average molecular weight is 988 g/mol. The lowest BCUT2D eigenvalue weighted by Gasteiger charge is -2.37. The lowest BCUT2D eigenvalue weighted by molar-refractivity contribution is -0.141. The number of benzene rings is 4. The van der Waals surface area contributed by atoms with Gasteiger partial charge in [0, 0.05) is 24.1 Å². The largest absolute Gasteiger partial charge is 0.502 e.